The topological polar surface area (TPSA) is 26.0 Å². The molecule has 0 spiro atoms. The Morgan fingerprint density at radius 3 is 2.75 bits per heavy atom. The summed E-state index contributed by atoms with van der Waals surface area (Å²) < 4.78 is 5.89. The van der Waals surface area contributed by atoms with Crippen LogP contribution < -0.4 is 0 Å². The van der Waals surface area contributed by atoms with Crippen LogP contribution in [-0.2, 0) is 25.7 Å². The highest BCUT2D eigenvalue weighted by Gasteiger charge is 2.29. The van der Waals surface area contributed by atoms with Gasteiger partial charge in [-0.2, -0.15) is 0 Å². The molecule has 5 rings (SSSR count). The standard InChI is InChI=1S/C21H23NOS/c1-12-6-8-16-15(10-12)19(17-4-3-9-23-17)20-14-7-5-13(2)11-18(14)24-21(20)22-16/h3-4,9,12-13H,5-8,10-11H2,1-2H3/t12-,13-/m1/s1. The summed E-state index contributed by atoms with van der Waals surface area (Å²) >= 11 is 1.94. The zero-order valence-electron chi connectivity index (χ0n) is 14.4. The highest BCUT2D eigenvalue weighted by atomic mass is 32.1. The predicted molar refractivity (Wildman–Crippen MR) is 99.7 cm³/mol. The van der Waals surface area contributed by atoms with E-state index in [4.69, 9.17) is 9.40 Å². The summed E-state index contributed by atoms with van der Waals surface area (Å²) in [5, 5.41) is 1.41. The molecule has 3 heteroatoms. The van der Waals surface area contributed by atoms with Gasteiger partial charge in [0.2, 0.25) is 0 Å². The summed E-state index contributed by atoms with van der Waals surface area (Å²) in [6, 6.07) is 4.14. The first-order valence-electron chi connectivity index (χ1n) is 9.20. The van der Waals surface area contributed by atoms with Gasteiger partial charge in [0, 0.05) is 21.5 Å². The Labute approximate surface area is 146 Å². The van der Waals surface area contributed by atoms with Gasteiger partial charge in [-0.3, -0.25) is 0 Å². The van der Waals surface area contributed by atoms with Gasteiger partial charge in [0.1, 0.15) is 10.6 Å². The molecule has 0 N–H and O–H groups in total. The first-order chi connectivity index (χ1) is 11.7. The average Bonchev–Trinajstić information content (AvgIpc) is 3.19. The summed E-state index contributed by atoms with van der Waals surface area (Å²) in [6.45, 7) is 4.74. The number of nitrogens with zero attached hydrogens (tertiary/aromatic N) is 1. The van der Waals surface area contributed by atoms with Gasteiger partial charge in [-0.05, 0) is 73.6 Å². The molecule has 0 bridgehead atoms. The fourth-order valence-electron chi connectivity index (χ4n) is 4.51. The third-order valence-corrected chi connectivity index (χ3v) is 6.97. The van der Waals surface area contributed by atoms with Crippen LogP contribution in [0.25, 0.3) is 21.5 Å². The molecule has 124 valence electrons. The number of aryl methyl sites for hydroxylation is 2. The lowest BCUT2D eigenvalue weighted by Gasteiger charge is -2.24. The van der Waals surface area contributed by atoms with E-state index in [0.29, 0.717) is 0 Å². The lowest BCUT2D eigenvalue weighted by molar-refractivity contribution is 0.494. The van der Waals surface area contributed by atoms with Crippen LogP contribution >= 0.6 is 11.3 Å². The Bertz CT molecular complexity index is 906. The molecule has 3 heterocycles. The van der Waals surface area contributed by atoms with E-state index >= 15 is 0 Å². The van der Waals surface area contributed by atoms with E-state index in [9.17, 15) is 0 Å². The van der Waals surface area contributed by atoms with Crippen molar-refractivity contribution < 1.29 is 4.42 Å². The number of fused-ring (bicyclic) bond motifs is 4. The van der Waals surface area contributed by atoms with Crippen molar-refractivity contribution in [3.05, 3.63) is 40.1 Å². The number of pyridine rings is 1. The summed E-state index contributed by atoms with van der Waals surface area (Å²) in [4.78, 5) is 7.94. The number of furan rings is 1. The van der Waals surface area contributed by atoms with Gasteiger partial charge in [0.05, 0.1) is 6.26 Å². The van der Waals surface area contributed by atoms with Crippen LogP contribution in [0.4, 0.5) is 0 Å². The molecule has 0 unspecified atom stereocenters. The SMILES string of the molecule is C[C@@H]1CCc2c(sc3nc4c(c(-c5ccco5)c23)C[C@H](C)CC4)C1. The Morgan fingerprint density at radius 1 is 1.08 bits per heavy atom. The molecule has 2 aliphatic rings. The van der Waals surface area contributed by atoms with Gasteiger partial charge in [-0.1, -0.05) is 13.8 Å². The van der Waals surface area contributed by atoms with Crippen molar-refractivity contribution in [1.29, 1.82) is 0 Å². The number of aromatic nitrogens is 1. The minimum atomic E-state index is 0.736. The monoisotopic (exact) mass is 337 g/mol. The maximum atomic E-state index is 5.89. The lowest BCUT2D eigenvalue weighted by atomic mass is 9.82. The second-order valence-corrected chi connectivity index (χ2v) is 8.85. The minimum absolute atomic E-state index is 0.736. The molecule has 0 aromatic carbocycles. The van der Waals surface area contributed by atoms with Crippen molar-refractivity contribution in [2.45, 2.75) is 52.4 Å². The van der Waals surface area contributed by atoms with E-state index in [1.165, 1.54) is 52.7 Å². The zero-order valence-corrected chi connectivity index (χ0v) is 15.2. The maximum absolute atomic E-state index is 5.89. The normalized spacial score (nSPS) is 23.2. The van der Waals surface area contributed by atoms with Gasteiger partial charge >= 0.3 is 0 Å². The van der Waals surface area contributed by atoms with Gasteiger partial charge < -0.3 is 4.42 Å². The van der Waals surface area contributed by atoms with Crippen molar-refractivity contribution in [3.63, 3.8) is 0 Å². The Hall–Kier alpha value is -1.61. The van der Waals surface area contributed by atoms with E-state index in [-0.39, 0.29) is 0 Å². The molecule has 0 aliphatic heterocycles. The minimum Gasteiger partial charge on any atom is -0.464 e. The molecule has 2 nitrogen and oxygen atoms in total. The predicted octanol–water partition coefficient (Wildman–Crippen LogP) is 5.81. The summed E-state index contributed by atoms with van der Waals surface area (Å²) in [7, 11) is 0. The molecule has 0 saturated carbocycles. The van der Waals surface area contributed by atoms with Crippen molar-refractivity contribution in [2.75, 3.05) is 0 Å². The second kappa shape index (κ2) is 5.45. The van der Waals surface area contributed by atoms with E-state index in [1.54, 1.807) is 16.7 Å². The first kappa shape index (κ1) is 14.7. The molecule has 3 aromatic heterocycles. The van der Waals surface area contributed by atoms with Crippen LogP contribution in [-0.4, -0.2) is 4.98 Å². The third-order valence-electron chi connectivity index (χ3n) is 5.82. The average molecular weight is 337 g/mol. The van der Waals surface area contributed by atoms with Gasteiger partial charge in [-0.15, -0.1) is 11.3 Å². The number of rotatable bonds is 1. The summed E-state index contributed by atoms with van der Waals surface area (Å²) in [6.07, 6.45) is 9.01. The zero-order chi connectivity index (χ0) is 16.3. The van der Waals surface area contributed by atoms with Crippen LogP contribution in [0.15, 0.2) is 22.8 Å². The molecule has 0 fully saturated rings. The highest BCUT2D eigenvalue weighted by Crippen LogP contribution is 2.45. The third kappa shape index (κ3) is 2.17. The molecular formula is C21H23NOS. The largest absolute Gasteiger partial charge is 0.464 e. The first-order valence-corrected chi connectivity index (χ1v) is 10.0. The van der Waals surface area contributed by atoms with E-state index in [2.05, 4.69) is 19.9 Å². The molecule has 2 atom stereocenters. The second-order valence-electron chi connectivity index (χ2n) is 7.77. The van der Waals surface area contributed by atoms with E-state index < -0.39 is 0 Å². The highest BCUT2D eigenvalue weighted by molar-refractivity contribution is 7.19. The van der Waals surface area contributed by atoms with Crippen LogP contribution in [0, 0.1) is 11.8 Å². The summed E-state index contributed by atoms with van der Waals surface area (Å²) in [5.74, 6) is 2.57. The van der Waals surface area contributed by atoms with E-state index in [0.717, 1.165) is 30.4 Å². The van der Waals surface area contributed by atoms with Crippen molar-refractivity contribution in [1.82, 2.24) is 4.98 Å². The van der Waals surface area contributed by atoms with Gasteiger partial charge in [-0.25, -0.2) is 4.98 Å². The quantitative estimate of drug-likeness (QED) is 0.560. The van der Waals surface area contributed by atoms with Crippen molar-refractivity contribution >= 4 is 21.6 Å². The molecule has 0 amide bonds. The van der Waals surface area contributed by atoms with Crippen LogP contribution in [0.1, 0.15) is 48.4 Å². The maximum Gasteiger partial charge on any atom is 0.134 e. The van der Waals surface area contributed by atoms with E-state index in [1.807, 2.05) is 17.4 Å². The molecule has 24 heavy (non-hydrogen) atoms. The fourth-order valence-corrected chi connectivity index (χ4v) is 5.92. The molecule has 0 saturated heterocycles. The molecule has 3 aromatic rings. The van der Waals surface area contributed by atoms with Crippen molar-refractivity contribution in [2.24, 2.45) is 11.8 Å². The number of hydrogen-bond acceptors (Lipinski definition) is 3. The Kier molecular flexibility index (Phi) is 3.34. The van der Waals surface area contributed by atoms with Crippen molar-refractivity contribution in [3.8, 4) is 11.3 Å². The number of hydrogen-bond donors (Lipinski definition) is 0. The number of thiophene rings is 1. The Morgan fingerprint density at radius 2 is 1.92 bits per heavy atom. The molecule has 2 aliphatic carbocycles. The lowest BCUT2D eigenvalue weighted by Crippen LogP contribution is -2.14. The van der Waals surface area contributed by atoms with Crippen LogP contribution in [0.2, 0.25) is 0 Å². The van der Waals surface area contributed by atoms with Crippen LogP contribution in [0.3, 0.4) is 0 Å². The Balaban J connectivity index is 1.85. The molecular weight excluding hydrogens is 314 g/mol. The van der Waals surface area contributed by atoms with Gasteiger partial charge in [0.15, 0.2) is 0 Å². The van der Waals surface area contributed by atoms with Gasteiger partial charge in [0.25, 0.3) is 0 Å². The summed E-state index contributed by atoms with van der Waals surface area (Å²) in [5.41, 5.74) is 5.70. The molecule has 0 radical (unpaired) electrons. The fraction of sp³-hybridized carbons (Fsp3) is 0.476. The smallest absolute Gasteiger partial charge is 0.134 e. The van der Waals surface area contributed by atoms with Crippen LogP contribution in [0.5, 0.6) is 0 Å².